The summed E-state index contributed by atoms with van der Waals surface area (Å²) in [5.74, 6) is 0. The van der Waals surface area contributed by atoms with Crippen LogP contribution in [0, 0.1) is 0 Å². The normalized spacial score (nSPS) is 11.4. The quantitative estimate of drug-likeness (QED) is 0.367. The van der Waals surface area contributed by atoms with E-state index in [1.54, 1.807) is 11.3 Å². The van der Waals surface area contributed by atoms with Crippen molar-refractivity contribution in [3.05, 3.63) is 58.4 Å². The topological polar surface area (TPSA) is 0 Å². The molecule has 0 fully saturated rings. The molecule has 0 nitrogen and oxygen atoms in total. The van der Waals surface area contributed by atoms with Gasteiger partial charge in [0.2, 0.25) is 0 Å². The van der Waals surface area contributed by atoms with Crippen molar-refractivity contribution in [3.63, 3.8) is 0 Å². The summed E-state index contributed by atoms with van der Waals surface area (Å²) in [4.78, 5) is 1.34. The zero-order chi connectivity index (χ0) is 12.8. The van der Waals surface area contributed by atoms with Gasteiger partial charge in [0.1, 0.15) is 0 Å². The van der Waals surface area contributed by atoms with Gasteiger partial charge in [-0.05, 0) is 39.5 Å². The Bertz CT molecular complexity index is 853. The van der Waals surface area contributed by atoms with E-state index in [0.29, 0.717) is 0 Å². The van der Waals surface area contributed by atoms with Gasteiger partial charge in [0.25, 0.3) is 0 Å². The van der Waals surface area contributed by atoms with Crippen LogP contribution in [0.5, 0.6) is 0 Å². The van der Waals surface area contributed by atoms with Gasteiger partial charge in [0.15, 0.2) is 0 Å². The molecule has 4 aromatic rings. The molecular weight excluding hydrogens is 336 g/mol. The standard InChI is InChI=1S/C16H9BrS2/c17-16-15(11-6-2-4-8-13(11)19-16)14-9-10-5-1-3-7-12(10)18-14/h1-9H. The SMILES string of the molecule is Brc1sc2ccccc2c1-c1cc2ccccc2s1. The summed E-state index contributed by atoms with van der Waals surface area (Å²) >= 11 is 7.40. The van der Waals surface area contributed by atoms with Crippen LogP contribution in [0.25, 0.3) is 30.6 Å². The van der Waals surface area contributed by atoms with E-state index in [1.807, 2.05) is 11.3 Å². The zero-order valence-electron chi connectivity index (χ0n) is 9.89. The van der Waals surface area contributed by atoms with Crippen LogP contribution in [-0.2, 0) is 0 Å². The van der Waals surface area contributed by atoms with Crippen molar-refractivity contribution >= 4 is 58.8 Å². The highest BCUT2D eigenvalue weighted by Gasteiger charge is 2.14. The number of rotatable bonds is 1. The summed E-state index contributed by atoms with van der Waals surface area (Å²) in [5, 5.41) is 2.66. The predicted octanol–water partition coefficient (Wildman–Crippen LogP) is 6.55. The minimum absolute atomic E-state index is 1.22. The lowest BCUT2D eigenvalue weighted by atomic mass is 10.1. The van der Waals surface area contributed by atoms with Crippen molar-refractivity contribution in [1.82, 2.24) is 0 Å². The van der Waals surface area contributed by atoms with E-state index < -0.39 is 0 Å². The van der Waals surface area contributed by atoms with Gasteiger partial charge in [-0.3, -0.25) is 0 Å². The van der Waals surface area contributed by atoms with E-state index in [1.165, 1.54) is 34.4 Å². The monoisotopic (exact) mass is 344 g/mol. The predicted molar refractivity (Wildman–Crippen MR) is 90.3 cm³/mol. The van der Waals surface area contributed by atoms with Crippen molar-refractivity contribution < 1.29 is 0 Å². The van der Waals surface area contributed by atoms with E-state index in [0.717, 1.165) is 0 Å². The number of hydrogen-bond acceptors (Lipinski definition) is 2. The summed E-state index contributed by atoms with van der Waals surface area (Å²) in [5.41, 5.74) is 1.34. The maximum atomic E-state index is 3.73. The fourth-order valence-electron chi connectivity index (χ4n) is 2.35. The Labute approximate surface area is 127 Å². The first-order valence-electron chi connectivity index (χ1n) is 5.99. The van der Waals surface area contributed by atoms with Crippen LogP contribution in [0.15, 0.2) is 58.4 Å². The van der Waals surface area contributed by atoms with Crippen LogP contribution in [0.2, 0.25) is 0 Å². The molecule has 0 aliphatic rings. The number of thiophene rings is 2. The van der Waals surface area contributed by atoms with Crippen LogP contribution in [-0.4, -0.2) is 0 Å². The molecule has 3 heteroatoms. The second-order valence-corrected chi connectivity index (χ2v) is 7.85. The fraction of sp³-hybridized carbons (Fsp3) is 0. The molecule has 2 aromatic carbocycles. The first kappa shape index (κ1) is 11.6. The summed E-state index contributed by atoms with van der Waals surface area (Å²) in [6, 6.07) is 19.4. The van der Waals surface area contributed by atoms with E-state index in [9.17, 15) is 0 Å². The molecule has 0 aliphatic heterocycles. The molecule has 2 heterocycles. The molecule has 0 N–H and O–H groups in total. The highest BCUT2D eigenvalue weighted by Crippen LogP contribution is 2.45. The van der Waals surface area contributed by atoms with Crippen LogP contribution < -0.4 is 0 Å². The first-order valence-corrected chi connectivity index (χ1v) is 8.41. The van der Waals surface area contributed by atoms with Crippen molar-refractivity contribution in [2.24, 2.45) is 0 Å². The third kappa shape index (κ3) is 1.84. The lowest BCUT2D eigenvalue weighted by Gasteiger charge is -1.95. The Morgan fingerprint density at radius 1 is 0.789 bits per heavy atom. The molecule has 0 saturated heterocycles. The van der Waals surface area contributed by atoms with Crippen molar-refractivity contribution in [3.8, 4) is 10.4 Å². The Hall–Kier alpha value is -1.16. The number of benzene rings is 2. The maximum Gasteiger partial charge on any atom is 0.0797 e. The average molecular weight is 345 g/mol. The third-order valence-electron chi connectivity index (χ3n) is 3.22. The van der Waals surface area contributed by atoms with Gasteiger partial charge < -0.3 is 0 Å². The molecule has 0 amide bonds. The van der Waals surface area contributed by atoms with E-state index in [-0.39, 0.29) is 0 Å². The van der Waals surface area contributed by atoms with Gasteiger partial charge in [0, 0.05) is 25.2 Å². The molecule has 0 bridgehead atoms. The van der Waals surface area contributed by atoms with E-state index in [2.05, 4.69) is 70.5 Å². The molecule has 0 radical (unpaired) electrons. The molecule has 0 unspecified atom stereocenters. The molecule has 0 spiro atoms. The minimum Gasteiger partial charge on any atom is -0.135 e. The number of hydrogen-bond donors (Lipinski definition) is 0. The Kier molecular flexibility index (Phi) is 2.72. The molecule has 0 aliphatic carbocycles. The molecule has 92 valence electrons. The van der Waals surface area contributed by atoms with Gasteiger partial charge in [-0.1, -0.05) is 36.4 Å². The Morgan fingerprint density at radius 3 is 2.37 bits per heavy atom. The van der Waals surface area contributed by atoms with Gasteiger partial charge in [-0.2, -0.15) is 0 Å². The molecule has 19 heavy (non-hydrogen) atoms. The van der Waals surface area contributed by atoms with E-state index in [4.69, 9.17) is 0 Å². The molecule has 0 atom stereocenters. The summed E-state index contributed by atoms with van der Waals surface area (Å²) < 4.78 is 3.90. The van der Waals surface area contributed by atoms with Gasteiger partial charge in [0.05, 0.1) is 3.79 Å². The average Bonchev–Trinajstić information content (AvgIpc) is 2.97. The van der Waals surface area contributed by atoms with Crippen molar-refractivity contribution in [2.45, 2.75) is 0 Å². The summed E-state index contributed by atoms with van der Waals surface area (Å²) in [7, 11) is 0. The Balaban J connectivity index is 2.06. The lowest BCUT2D eigenvalue weighted by Crippen LogP contribution is -1.69. The number of fused-ring (bicyclic) bond motifs is 2. The lowest BCUT2D eigenvalue weighted by molar-refractivity contribution is 1.83. The maximum absolute atomic E-state index is 3.73. The molecule has 2 aromatic heterocycles. The highest BCUT2D eigenvalue weighted by atomic mass is 79.9. The van der Waals surface area contributed by atoms with Gasteiger partial charge in [-0.15, -0.1) is 22.7 Å². The summed E-state index contributed by atoms with van der Waals surface area (Å²) in [6.45, 7) is 0. The Morgan fingerprint density at radius 2 is 1.53 bits per heavy atom. The smallest absolute Gasteiger partial charge is 0.0797 e. The minimum atomic E-state index is 1.22. The van der Waals surface area contributed by atoms with E-state index >= 15 is 0 Å². The second-order valence-electron chi connectivity index (χ2n) is 4.40. The highest BCUT2D eigenvalue weighted by molar-refractivity contribution is 9.11. The second kappa shape index (κ2) is 4.44. The zero-order valence-corrected chi connectivity index (χ0v) is 13.1. The van der Waals surface area contributed by atoms with Crippen molar-refractivity contribution in [2.75, 3.05) is 0 Å². The summed E-state index contributed by atoms with van der Waals surface area (Å²) in [6.07, 6.45) is 0. The number of halogens is 1. The van der Waals surface area contributed by atoms with Crippen LogP contribution in [0.1, 0.15) is 0 Å². The molecule has 4 rings (SSSR count). The van der Waals surface area contributed by atoms with Crippen molar-refractivity contribution in [1.29, 1.82) is 0 Å². The van der Waals surface area contributed by atoms with Gasteiger partial charge >= 0.3 is 0 Å². The molecule has 0 saturated carbocycles. The van der Waals surface area contributed by atoms with Crippen LogP contribution in [0.3, 0.4) is 0 Å². The van der Waals surface area contributed by atoms with Gasteiger partial charge in [-0.25, -0.2) is 0 Å². The fourth-order valence-corrected chi connectivity index (χ4v) is 5.57. The van der Waals surface area contributed by atoms with Crippen LogP contribution in [0.4, 0.5) is 0 Å². The largest absolute Gasteiger partial charge is 0.135 e. The van der Waals surface area contributed by atoms with Crippen LogP contribution >= 0.6 is 38.6 Å². The molecular formula is C16H9BrS2. The first-order chi connectivity index (χ1) is 9.33. The third-order valence-corrected chi connectivity index (χ3v) is 6.20.